The first-order chi connectivity index (χ1) is 6.77. The maximum atomic E-state index is 11.2. The summed E-state index contributed by atoms with van der Waals surface area (Å²) in [5.41, 5.74) is 1.37. The minimum atomic E-state index is 0.442. The average Bonchev–Trinajstić information content (AvgIpc) is 2.65. The third kappa shape index (κ3) is 1.87. The normalized spacial score (nSPS) is 23.8. The lowest BCUT2D eigenvalue weighted by Crippen LogP contribution is -2.06. The Balaban J connectivity index is 2.09. The number of benzene rings is 1. The smallest absolute Gasteiger partial charge is 0.133 e. The molecule has 1 nitrogen and oxygen atoms in total. The summed E-state index contributed by atoms with van der Waals surface area (Å²) in [6, 6.07) is 10.5. The molecule has 0 saturated heterocycles. The van der Waals surface area contributed by atoms with Crippen molar-refractivity contribution in [1.29, 1.82) is 0 Å². The first kappa shape index (κ1) is 9.45. The van der Waals surface area contributed by atoms with Gasteiger partial charge in [0.15, 0.2) is 0 Å². The second kappa shape index (κ2) is 3.95. The van der Waals surface area contributed by atoms with Gasteiger partial charge in [0.1, 0.15) is 5.78 Å². The van der Waals surface area contributed by atoms with Crippen molar-refractivity contribution in [2.75, 3.05) is 0 Å². The molecule has 1 heteroatoms. The lowest BCUT2D eigenvalue weighted by molar-refractivity contribution is -0.117. The van der Waals surface area contributed by atoms with E-state index in [0.29, 0.717) is 17.6 Å². The van der Waals surface area contributed by atoms with E-state index in [0.717, 1.165) is 19.3 Å². The lowest BCUT2D eigenvalue weighted by atomic mass is 9.86. The Morgan fingerprint density at radius 3 is 2.57 bits per heavy atom. The van der Waals surface area contributed by atoms with Gasteiger partial charge < -0.3 is 0 Å². The Morgan fingerprint density at radius 1 is 1.29 bits per heavy atom. The molecule has 0 N–H and O–H groups in total. The molecule has 1 aliphatic carbocycles. The van der Waals surface area contributed by atoms with Crippen LogP contribution in [0.1, 0.15) is 37.7 Å². The lowest BCUT2D eigenvalue weighted by Gasteiger charge is -2.18. The van der Waals surface area contributed by atoms with Gasteiger partial charge in [-0.3, -0.25) is 4.79 Å². The summed E-state index contributed by atoms with van der Waals surface area (Å²) in [5.74, 6) is 1.55. The zero-order chi connectivity index (χ0) is 9.97. The van der Waals surface area contributed by atoms with Crippen LogP contribution in [0.15, 0.2) is 30.3 Å². The molecule has 1 saturated carbocycles. The summed E-state index contributed by atoms with van der Waals surface area (Å²) in [5, 5.41) is 0. The molecule has 0 amide bonds. The van der Waals surface area contributed by atoms with E-state index in [1.165, 1.54) is 5.56 Å². The van der Waals surface area contributed by atoms with E-state index in [4.69, 9.17) is 0 Å². The van der Waals surface area contributed by atoms with E-state index in [-0.39, 0.29) is 0 Å². The molecular weight excluding hydrogens is 172 g/mol. The molecule has 1 aromatic carbocycles. The van der Waals surface area contributed by atoms with Gasteiger partial charge in [0.05, 0.1) is 0 Å². The number of carbonyl (C=O) groups is 1. The quantitative estimate of drug-likeness (QED) is 0.696. The van der Waals surface area contributed by atoms with Crippen molar-refractivity contribution in [2.45, 2.75) is 32.1 Å². The number of rotatable bonds is 2. The number of hydrogen-bond acceptors (Lipinski definition) is 1. The fraction of sp³-hybridized carbons (Fsp3) is 0.462. The van der Waals surface area contributed by atoms with Crippen LogP contribution in [0, 0.1) is 5.92 Å². The van der Waals surface area contributed by atoms with Gasteiger partial charge in [-0.2, -0.15) is 0 Å². The van der Waals surface area contributed by atoms with Crippen LogP contribution >= 0.6 is 0 Å². The zero-order valence-electron chi connectivity index (χ0n) is 8.57. The zero-order valence-corrected chi connectivity index (χ0v) is 8.57. The van der Waals surface area contributed by atoms with E-state index in [2.05, 4.69) is 31.2 Å². The summed E-state index contributed by atoms with van der Waals surface area (Å²) < 4.78 is 0. The Hall–Kier alpha value is -1.11. The molecule has 1 unspecified atom stereocenters. The summed E-state index contributed by atoms with van der Waals surface area (Å²) in [6.45, 7) is 2.23. The van der Waals surface area contributed by atoms with Crippen LogP contribution in [0.2, 0.25) is 0 Å². The van der Waals surface area contributed by atoms with Crippen molar-refractivity contribution in [3.05, 3.63) is 35.9 Å². The van der Waals surface area contributed by atoms with Crippen LogP contribution in [-0.4, -0.2) is 5.78 Å². The number of ketones is 1. The third-order valence-corrected chi connectivity index (χ3v) is 3.32. The van der Waals surface area contributed by atoms with Crippen LogP contribution in [0.5, 0.6) is 0 Å². The van der Waals surface area contributed by atoms with Crippen LogP contribution in [0.25, 0.3) is 0 Å². The summed E-state index contributed by atoms with van der Waals surface area (Å²) in [6.07, 6.45) is 2.66. The monoisotopic (exact) mass is 188 g/mol. The highest BCUT2D eigenvalue weighted by Crippen LogP contribution is 2.35. The molecule has 2 atom stereocenters. The predicted octanol–water partition coefficient (Wildman–Crippen LogP) is 3.16. The standard InChI is InChI=1S/C13H16O/c1-10(11-5-3-2-4-6-11)12-7-8-13(14)9-12/h2-6,10,12H,7-9H2,1H3/t10-,12?/m1/s1. The molecule has 1 fully saturated rings. The second-order valence-corrected chi connectivity index (χ2v) is 4.24. The van der Waals surface area contributed by atoms with Crippen molar-refractivity contribution >= 4 is 5.78 Å². The molecule has 0 aromatic heterocycles. The summed E-state index contributed by atoms with van der Waals surface area (Å²) in [4.78, 5) is 11.2. The first-order valence-electron chi connectivity index (χ1n) is 5.34. The first-order valence-corrected chi connectivity index (χ1v) is 5.34. The number of carbonyl (C=O) groups excluding carboxylic acids is 1. The summed E-state index contributed by atoms with van der Waals surface area (Å²) in [7, 11) is 0. The Labute approximate surface area is 85.1 Å². The average molecular weight is 188 g/mol. The van der Waals surface area contributed by atoms with Gasteiger partial charge in [-0.15, -0.1) is 0 Å². The highest BCUT2D eigenvalue weighted by molar-refractivity contribution is 5.80. The summed E-state index contributed by atoms with van der Waals surface area (Å²) >= 11 is 0. The molecule has 0 aliphatic heterocycles. The molecule has 1 aliphatic rings. The van der Waals surface area contributed by atoms with Gasteiger partial charge in [0.25, 0.3) is 0 Å². The maximum absolute atomic E-state index is 11.2. The van der Waals surface area contributed by atoms with Crippen molar-refractivity contribution in [1.82, 2.24) is 0 Å². The van der Waals surface area contributed by atoms with Crippen LogP contribution in [0.4, 0.5) is 0 Å². The topological polar surface area (TPSA) is 17.1 Å². The van der Waals surface area contributed by atoms with Gasteiger partial charge in [-0.25, -0.2) is 0 Å². The fourth-order valence-electron chi connectivity index (χ4n) is 2.30. The Bertz CT molecular complexity index is 315. The molecule has 2 rings (SSSR count). The van der Waals surface area contributed by atoms with Crippen molar-refractivity contribution in [3.63, 3.8) is 0 Å². The molecular formula is C13H16O. The highest BCUT2D eigenvalue weighted by Gasteiger charge is 2.27. The van der Waals surface area contributed by atoms with Crippen molar-refractivity contribution in [3.8, 4) is 0 Å². The molecule has 74 valence electrons. The predicted molar refractivity (Wildman–Crippen MR) is 57.2 cm³/mol. The van der Waals surface area contributed by atoms with Gasteiger partial charge in [0.2, 0.25) is 0 Å². The SMILES string of the molecule is C[C@H](c1ccccc1)C1CCC(=O)C1. The molecule has 0 heterocycles. The minimum absolute atomic E-state index is 0.442. The second-order valence-electron chi connectivity index (χ2n) is 4.24. The van der Waals surface area contributed by atoms with Crippen molar-refractivity contribution < 1.29 is 4.79 Å². The van der Waals surface area contributed by atoms with Crippen LogP contribution in [0.3, 0.4) is 0 Å². The van der Waals surface area contributed by atoms with E-state index in [1.54, 1.807) is 0 Å². The third-order valence-electron chi connectivity index (χ3n) is 3.32. The van der Waals surface area contributed by atoms with Gasteiger partial charge >= 0.3 is 0 Å². The van der Waals surface area contributed by atoms with Crippen LogP contribution < -0.4 is 0 Å². The Morgan fingerprint density at radius 2 is 2.00 bits per heavy atom. The van der Waals surface area contributed by atoms with E-state index in [1.807, 2.05) is 6.07 Å². The molecule has 0 spiro atoms. The molecule has 14 heavy (non-hydrogen) atoms. The van der Waals surface area contributed by atoms with Crippen LogP contribution in [-0.2, 0) is 4.79 Å². The molecule has 0 radical (unpaired) electrons. The maximum Gasteiger partial charge on any atom is 0.133 e. The number of Topliss-reactive ketones (excluding diaryl/α,β-unsaturated/α-hetero) is 1. The van der Waals surface area contributed by atoms with E-state index in [9.17, 15) is 4.79 Å². The number of hydrogen-bond donors (Lipinski definition) is 0. The van der Waals surface area contributed by atoms with Gasteiger partial charge in [-0.1, -0.05) is 37.3 Å². The minimum Gasteiger partial charge on any atom is -0.300 e. The van der Waals surface area contributed by atoms with E-state index >= 15 is 0 Å². The molecule has 1 aromatic rings. The highest BCUT2D eigenvalue weighted by atomic mass is 16.1. The largest absolute Gasteiger partial charge is 0.300 e. The molecule has 0 bridgehead atoms. The van der Waals surface area contributed by atoms with Gasteiger partial charge in [0, 0.05) is 12.8 Å². The van der Waals surface area contributed by atoms with Crippen molar-refractivity contribution in [2.24, 2.45) is 5.92 Å². The Kier molecular flexibility index (Phi) is 2.67. The van der Waals surface area contributed by atoms with E-state index < -0.39 is 0 Å². The van der Waals surface area contributed by atoms with Gasteiger partial charge in [-0.05, 0) is 23.8 Å². The fourth-order valence-corrected chi connectivity index (χ4v) is 2.30.